The zero-order chi connectivity index (χ0) is 14.8. The van der Waals surface area contributed by atoms with Gasteiger partial charge < -0.3 is 15.2 Å². The van der Waals surface area contributed by atoms with E-state index in [0.29, 0.717) is 31.1 Å². The minimum Gasteiger partial charge on any atom is -0.341 e. The van der Waals surface area contributed by atoms with Crippen molar-refractivity contribution in [2.24, 2.45) is 5.73 Å². The van der Waals surface area contributed by atoms with Crippen molar-refractivity contribution in [2.75, 3.05) is 13.1 Å². The molecule has 120 valence electrons. The molecule has 1 aromatic heterocycles. The normalized spacial score (nSPS) is 18.7. The summed E-state index contributed by atoms with van der Waals surface area (Å²) in [5, 5.41) is 3.97. The van der Waals surface area contributed by atoms with Gasteiger partial charge in [0.05, 0.1) is 0 Å². The fraction of sp³-hybridized carbons (Fsp3) is 0.786. The Balaban J connectivity index is 0.00000220. The van der Waals surface area contributed by atoms with Crippen LogP contribution in [0.2, 0.25) is 0 Å². The van der Waals surface area contributed by atoms with Crippen molar-refractivity contribution in [3.63, 3.8) is 0 Å². The summed E-state index contributed by atoms with van der Waals surface area (Å²) < 4.78 is 5.21. The second kappa shape index (κ2) is 7.22. The molecule has 2 N–H and O–H groups in total. The van der Waals surface area contributed by atoms with E-state index in [9.17, 15) is 4.79 Å². The maximum absolute atomic E-state index is 11.9. The molecule has 1 fully saturated rings. The number of halogens is 1. The molecule has 0 unspecified atom stereocenters. The molecule has 0 aliphatic carbocycles. The highest BCUT2D eigenvalue weighted by Gasteiger charge is 2.24. The van der Waals surface area contributed by atoms with Crippen molar-refractivity contribution in [1.82, 2.24) is 15.0 Å². The molecular formula is C14H25ClN4O2. The van der Waals surface area contributed by atoms with Gasteiger partial charge in [-0.05, 0) is 12.8 Å². The van der Waals surface area contributed by atoms with Crippen LogP contribution < -0.4 is 5.73 Å². The van der Waals surface area contributed by atoms with Gasteiger partial charge in [0, 0.05) is 37.4 Å². The number of aromatic nitrogens is 2. The highest BCUT2D eigenvalue weighted by atomic mass is 35.5. The first-order chi connectivity index (χ1) is 9.36. The lowest BCUT2D eigenvalue weighted by molar-refractivity contribution is -0.130. The standard InChI is InChI=1S/C14H24N4O2.ClH/c1-14(2,3)13-16-11(20-17-13)5-4-6-12(19)18-8-7-10(15)9-18;/h10H,4-9,15H2,1-3H3;1H/t10-;/m1./s1. The Kier molecular flexibility index (Phi) is 6.16. The molecule has 1 saturated heterocycles. The van der Waals surface area contributed by atoms with Crippen LogP contribution in [0.15, 0.2) is 4.52 Å². The van der Waals surface area contributed by atoms with Crippen LogP contribution in [0.4, 0.5) is 0 Å². The summed E-state index contributed by atoms with van der Waals surface area (Å²) in [7, 11) is 0. The lowest BCUT2D eigenvalue weighted by Gasteiger charge is -2.15. The number of carbonyl (C=O) groups excluding carboxylic acids is 1. The SMILES string of the molecule is CC(C)(C)c1noc(CCCC(=O)N2CC[C@@H](N)C2)n1.Cl. The average Bonchev–Trinajstić information content (AvgIpc) is 2.97. The monoisotopic (exact) mass is 316 g/mol. The number of nitrogens with two attached hydrogens (primary N) is 1. The molecule has 6 nitrogen and oxygen atoms in total. The van der Waals surface area contributed by atoms with Crippen molar-refractivity contribution in [3.8, 4) is 0 Å². The highest BCUT2D eigenvalue weighted by molar-refractivity contribution is 5.85. The Morgan fingerprint density at radius 3 is 2.71 bits per heavy atom. The highest BCUT2D eigenvalue weighted by Crippen LogP contribution is 2.19. The van der Waals surface area contributed by atoms with Crippen LogP contribution in [-0.2, 0) is 16.6 Å². The van der Waals surface area contributed by atoms with Gasteiger partial charge in [-0.1, -0.05) is 25.9 Å². The largest absolute Gasteiger partial charge is 0.341 e. The quantitative estimate of drug-likeness (QED) is 0.913. The third-order valence-electron chi connectivity index (χ3n) is 3.50. The molecule has 0 saturated carbocycles. The second-order valence-corrected chi connectivity index (χ2v) is 6.50. The molecule has 21 heavy (non-hydrogen) atoms. The Labute approximate surface area is 131 Å². The molecule has 1 atom stereocenters. The molecule has 0 bridgehead atoms. The van der Waals surface area contributed by atoms with E-state index in [0.717, 1.165) is 19.4 Å². The molecule has 2 rings (SSSR count). The molecule has 0 radical (unpaired) electrons. The molecule has 1 aliphatic heterocycles. The summed E-state index contributed by atoms with van der Waals surface area (Å²) in [6, 6.07) is 0.143. The smallest absolute Gasteiger partial charge is 0.226 e. The van der Waals surface area contributed by atoms with E-state index in [4.69, 9.17) is 10.3 Å². The van der Waals surface area contributed by atoms with E-state index in [1.807, 2.05) is 25.7 Å². The molecular weight excluding hydrogens is 292 g/mol. The Hall–Kier alpha value is -1.14. The van der Waals surface area contributed by atoms with Crippen molar-refractivity contribution >= 4 is 18.3 Å². The summed E-state index contributed by atoms with van der Waals surface area (Å²) in [6.45, 7) is 7.60. The van der Waals surface area contributed by atoms with E-state index in [-0.39, 0.29) is 29.8 Å². The number of hydrogen-bond acceptors (Lipinski definition) is 5. The second-order valence-electron chi connectivity index (χ2n) is 6.50. The van der Waals surface area contributed by atoms with Gasteiger partial charge >= 0.3 is 0 Å². The summed E-state index contributed by atoms with van der Waals surface area (Å²) in [6.07, 6.45) is 2.80. The first-order valence-electron chi connectivity index (χ1n) is 7.22. The van der Waals surface area contributed by atoms with E-state index >= 15 is 0 Å². The minimum absolute atomic E-state index is 0. The molecule has 0 spiro atoms. The zero-order valence-electron chi connectivity index (χ0n) is 13.0. The third-order valence-corrected chi connectivity index (χ3v) is 3.50. The first-order valence-corrected chi connectivity index (χ1v) is 7.22. The number of likely N-dealkylation sites (tertiary alicyclic amines) is 1. The lowest BCUT2D eigenvalue weighted by atomic mass is 9.96. The van der Waals surface area contributed by atoms with Crippen LogP contribution in [0.3, 0.4) is 0 Å². The van der Waals surface area contributed by atoms with Crippen molar-refractivity contribution < 1.29 is 9.32 Å². The molecule has 2 heterocycles. The topological polar surface area (TPSA) is 85.2 Å². The van der Waals surface area contributed by atoms with E-state index in [2.05, 4.69) is 10.1 Å². The summed E-state index contributed by atoms with van der Waals surface area (Å²) in [5.74, 6) is 1.50. The van der Waals surface area contributed by atoms with Crippen LogP contribution in [0.25, 0.3) is 0 Å². The van der Waals surface area contributed by atoms with Crippen LogP contribution in [0.5, 0.6) is 0 Å². The van der Waals surface area contributed by atoms with Crippen molar-refractivity contribution in [1.29, 1.82) is 0 Å². The van der Waals surface area contributed by atoms with Crippen molar-refractivity contribution in [2.45, 2.75) is 57.9 Å². The van der Waals surface area contributed by atoms with E-state index in [1.165, 1.54) is 0 Å². The lowest BCUT2D eigenvalue weighted by Crippen LogP contribution is -2.31. The first kappa shape index (κ1) is 17.9. The molecule has 1 aliphatic rings. The van der Waals surface area contributed by atoms with Gasteiger partial charge in [-0.3, -0.25) is 4.79 Å². The van der Waals surface area contributed by atoms with Gasteiger partial charge in [-0.25, -0.2) is 0 Å². The summed E-state index contributed by atoms with van der Waals surface area (Å²) in [4.78, 5) is 18.2. The predicted octanol–water partition coefficient (Wildman–Crippen LogP) is 1.67. The van der Waals surface area contributed by atoms with E-state index < -0.39 is 0 Å². The number of amides is 1. The van der Waals surface area contributed by atoms with Crippen LogP contribution >= 0.6 is 12.4 Å². The summed E-state index contributed by atoms with van der Waals surface area (Å²) >= 11 is 0. The van der Waals surface area contributed by atoms with E-state index in [1.54, 1.807) is 0 Å². The Morgan fingerprint density at radius 1 is 1.48 bits per heavy atom. The van der Waals surface area contributed by atoms with Crippen LogP contribution in [0, 0.1) is 0 Å². The molecule has 7 heteroatoms. The maximum atomic E-state index is 11.9. The van der Waals surface area contributed by atoms with Gasteiger partial charge in [-0.15, -0.1) is 12.4 Å². The zero-order valence-corrected chi connectivity index (χ0v) is 13.8. The number of aryl methyl sites for hydroxylation is 1. The number of nitrogens with zero attached hydrogens (tertiary/aromatic N) is 3. The molecule has 1 amide bonds. The Morgan fingerprint density at radius 2 is 2.19 bits per heavy atom. The third kappa shape index (κ3) is 4.97. The van der Waals surface area contributed by atoms with Crippen molar-refractivity contribution in [3.05, 3.63) is 11.7 Å². The van der Waals surface area contributed by atoms with Gasteiger partial charge in [0.1, 0.15) is 0 Å². The summed E-state index contributed by atoms with van der Waals surface area (Å²) in [5.41, 5.74) is 5.69. The van der Waals surface area contributed by atoms with Gasteiger partial charge in [0.15, 0.2) is 5.82 Å². The molecule has 1 aromatic rings. The van der Waals surface area contributed by atoms with Gasteiger partial charge in [0.25, 0.3) is 0 Å². The average molecular weight is 317 g/mol. The number of carbonyl (C=O) groups is 1. The maximum Gasteiger partial charge on any atom is 0.226 e. The van der Waals surface area contributed by atoms with Gasteiger partial charge in [-0.2, -0.15) is 4.98 Å². The van der Waals surface area contributed by atoms with Crippen LogP contribution in [-0.4, -0.2) is 40.1 Å². The fourth-order valence-corrected chi connectivity index (χ4v) is 2.22. The molecule has 0 aromatic carbocycles. The number of hydrogen-bond donors (Lipinski definition) is 1. The van der Waals surface area contributed by atoms with Gasteiger partial charge in [0.2, 0.25) is 11.8 Å². The minimum atomic E-state index is -0.108. The fourth-order valence-electron chi connectivity index (χ4n) is 2.22. The Bertz CT molecular complexity index is 470. The van der Waals surface area contributed by atoms with Crippen LogP contribution in [0.1, 0.15) is 51.7 Å². The predicted molar refractivity (Wildman–Crippen MR) is 82.4 cm³/mol. The number of rotatable bonds is 4.